The number of aromatic amines is 1. The van der Waals surface area contributed by atoms with Crippen LogP contribution in [0.3, 0.4) is 0 Å². The van der Waals surface area contributed by atoms with E-state index in [1.54, 1.807) is 30.7 Å². The van der Waals surface area contributed by atoms with Gasteiger partial charge in [-0.15, -0.1) is 5.10 Å². The van der Waals surface area contributed by atoms with Crippen molar-refractivity contribution >= 4 is 15.7 Å². The quantitative estimate of drug-likeness (QED) is 0.152. The summed E-state index contributed by atoms with van der Waals surface area (Å²) in [6.45, 7) is 9.69. The highest BCUT2D eigenvalue weighted by Gasteiger charge is 2.44. The zero-order valence-corrected chi connectivity index (χ0v) is 31.0. The molecule has 3 heterocycles. The van der Waals surface area contributed by atoms with Crippen molar-refractivity contribution in [2.45, 2.75) is 75.5 Å². The number of sulfonamides is 1. The van der Waals surface area contributed by atoms with Gasteiger partial charge in [0, 0.05) is 44.7 Å². The standard InChI is InChI=1S/C38H50N6O6S/c1-26(2)33(38-39-41-42-40-38)22-30-23-34(29-10-12-31(48-5)13-11-29)37(24-44(30)51(45,46)32-14-7-27(3)8-15-32)50-25-28-9-16-36-35(21-28)43(18-20-49-36)17-6-19-47-4/h7-16,21,26,30,33-34,37H,6,17-20,22-25H2,1-5H3,(H,39,40,41,42)/t30-,33-,34+,37-/m0/s1. The van der Waals surface area contributed by atoms with Gasteiger partial charge in [0.05, 0.1) is 36.9 Å². The Labute approximate surface area is 301 Å². The number of rotatable bonds is 15. The predicted molar refractivity (Wildman–Crippen MR) is 195 cm³/mol. The second-order valence-corrected chi connectivity index (χ2v) is 15.8. The molecular formula is C38H50N6O6S. The molecule has 1 fully saturated rings. The molecule has 0 saturated carbocycles. The van der Waals surface area contributed by atoms with E-state index in [4.69, 9.17) is 18.9 Å². The third-order valence-corrected chi connectivity index (χ3v) is 12.1. The lowest BCUT2D eigenvalue weighted by molar-refractivity contribution is -0.0222. The first-order valence-electron chi connectivity index (χ1n) is 17.7. The number of piperidine rings is 1. The van der Waals surface area contributed by atoms with Gasteiger partial charge in [0.25, 0.3) is 0 Å². The molecule has 0 radical (unpaired) electrons. The van der Waals surface area contributed by atoms with Crippen LogP contribution in [0.5, 0.6) is 11.5 Å². The van der Waals surface area contributed by atoms with Crippen LogP contribution in [0.4, 0.5) is 5.69 Å². The fraction of sp³-hybridized carbons (Fsp3) is 0.500. The van der Waals surface area contributed by atoms with Gasteiger partial charge in [-0.1, -0.05) is 49.7 Å². The summed E-state index contributed by atoms with van der Waals surface area (Å²) < 4.78 is 54.4. The number of ether oxygens (including phenoxy) is 4. The van der Waals surface area contributed by atoms with Gasteiger partial charge in [0.15, 0.2) is 5.82 Å². The van der Waals surface area contributed by atoms with Crippen LogP contribution in [-0.4, -0.2) is 92.6 Å². The van der Waals surface area contributed by atoms with Gasteiger partial charge >= 0.3 is 0 Å². The second kappa shape index (κ2) is 16.5. The maximum atomic E-state index is 14.6. The summed E-state index contributed by atoms with van der Waals surface area (Å²) in [5.74, 6) is 2.27. The highest BCUT2D eigenvalue weighted by Crippen LogP contribution is 2.42. The Hall–Kier alpha value is -4.04. The predicted octanol–water partition coefficient (Wildman–Crippen LogP) is 5.71. The van der Waals surface area contributed by atoms with Crippen molar-refractivity contribution in [3.05, 3.63) is 89.2 Å². The number of hydrogen-bond acceptors (Lipinski definition) is 10. The van der Waals surface area contributed by atoms with Crippen LogP contribution in [0.2, 0.25) is 0 Å². The number of nitrogens with one attached hydrogen (secondary N) is 1. The third-order valence-electron chi connectivity index (χ3n) is 10.2. The van der Waals surface area contributed by atoms with Gasteiger partial charge in [-0.25, -0.2) is 13.5 Å². The highest BCUT2D eigenvalue weighted by atomic mass is 32.2. The number of fused-ring (bicyclic) bond motifs is 1. The number of aromatic nitrogens is 4. The molecule has 2 aliphatic heterocycles. The normalized spacial score (nSPS) is 20.2. The molecule has 1 aromatic heterocycles. The topological polar surface area (TPSA) is 132 Å². The van der Waals surface area contributed by atoms with Crippen molar-refractivity contribution in [2.75, 3.05) is 52.0 Å². The molecule has 0 aliphatic carbocycles. The van der Waals surface area contributed by atoms with Crippen LogP contribution in [0.25, 0.3) is 0 Å². The summed E-state index contributed by atoms with van der Waals surface area (Å²) in [6, 6.07) is 20.9. The molecule has 0 unspecified atom stereocenters. The molecule has 0 spiro atoms. The van der Waals surface area contributed by atoms with Gasteiger partial charge in [-0.2, -0.15) is 4.31 Å². The Morgan fingerprint density at radius 2 is 1.82 bits per heavy atom. The first kappa shape index (κ1) is 36.7. The number of benzene rings is 3. The number of hydrogen-bond donors (Lipinski definition) is 1. The lowest BCUT2D eigenvalue weighted by Crippen LogP contribution is -2.53. The average molecular weight is 719 g/mol. The Balaban J connectivity index is 1.34. The van der Waals surface area contributed by atoms with E-state index in [0.717, 1.165) is 53.4 Å². The largest absolute Gasteiger partial charge is 0.497 e. The molecule has 1 saturated heterocycles. The lowest BCUT2D eigenvalue weighted by atomic mass is 9.79. The minimum Gasteiger partial charge on any atom is -0.497 e. The zero-order chi connectivity index (χ0) is 36.0. The van der Waals surface area contributed by atoms with Crippen molar-refractivity contribution in [3.63, 3.8) is 0 Å². The van der Waals surface area contributed by atoms with Gasteiger partial charge in [-0.05, 0) is 90.1 Å². The van der Waals surface area contributed by atoms with Crippen LogP contribution in [0.15, 0.2) is 71.6 Å². The van der Waals surface area contributed by atoms with E-state index in [1.165, 1.54) is 0 Å². The molecule has 3 aromatic carbocycles. The molecular weight excluding hydrogens is 669 g/mol. The third kappa shape index (κ3) is 8.54. The number of tetrazole rings is 1. The highest BCUT2D eigenvalue weighted by molar-refractivity contribution is 7.89. The van der Waals surface area contributed by atoms with Gasteiger partial charge in [0.2, 0.25) is 10.0 Å². The van der Waals surface area contributed by atoms with E-state index in [-0.39, 0.29) is 35.2 Å². The fourth-order valence-electron chi connectivity index (χ4n) is 7.30. The molecule has 4 atom stereocenters. The van der Waals surface area contributed by atoms with Crippen molar-refractivity contribution in [3.8, 4) is 11.5 Å². The van der Waals surface area contributed by atoms with Gasteiger partial charge in [0.1, 0.15) is 18.1 Å². The molecule has 51 heavy (non-hydrogen) atoms. The Morgan fingerprint density at radius 1 is 1.04 bits per heavy atom. The zero-order valence-electron chi connectivity index (χ0n) is 30.2. The first-order valence-corrected chi connectivity index (χ1v) is 19.2. The fourth-order valence-corrected chi connectivity index (χ4v) is 8.96. The Morgan fingerprint density at radius 3 is 2.51 bits per heavy atom. The lowest BCUT2D eigenvalue weighted by Gasteiger charge is -2.44. The summed E-state index contributed by atoms with van der Waals surface area (Å²) in [5.41, 5.74) is 4.11. The second-order valence-electron chi connectivity index (χ2n) is 13.9. The summed E-state index contributed by atoms with van der Waals surface area (Å²) in [7, 11) is -0.520. The van der Waals surface area contributed by atoms with Crippen molar-refractivity contribution in [1.82, 2.24) is 24.9 Å². The van der Waals surface area contributed by atoms with Crippen LogP contribution < -0.4 is 14.4 Å². The summed E-state index contributed by atoms with van der Waals surface area (Å²) in [6.07, 6.45) is 1.59. The minimum absolute atomic E-state index is 0.0840. The van der Waals surface area contributed by atoms with E-state index in [9.17, 15) is 8.42 Å². The maximum Gasteiger partial charge on any atom is 0.243 e. The minimum atomic E-state index is -3.89. The smallest absolute Gasteiger partial charge is 0.243 e. The molecule has 2 aliphatic rings. The summed E-state index contributed by atoms with van der Waals surface area (Å²) in [5, 5.41) is 14.9. The van der Waals surface area contributed by atoms with Crippen LogP contribution in [-0.2, 0) is 26.1 Å². The molecule has 0 bridgehead atoms. The molecule has 0 amide bonds. The van der Waals surface area contributed by atoms with Crippen molar-refractivity contribution in [2.24, 2.45) is 5.92 Å². The van der Waals surface area contributed by atoms with Crippen LogP contribution in [0, 0.1) is 12.8 Å². The molecule has 274 valence electrons. The van der Waals surface area contributed by atoms with Gasteiger partial charge in [-0.3, -0.25) is 0 Å². The van der Waals surface area contributed by atoms with Crippen LogP contribution >= 0.6 is 0 Å². The first-order chi connectivity index (χ1) is 24.7. The molecule has 12 nitrogen and oxygen atoms in total. The molecule has 13 heteroatoms. The van der Waals surface area contributed by atoms with Crippen LogP contribution in [0.1, 0.15) is 67.5 Å². The molecule has 1 N–H and O–H groups in total. The Bertz CT molecular complexity index is 1800. The maximum absolute atomic E-state index is 14.6. The number of nitrogens with zero attached hydrogens (tertiary/aromatic N) is 5. The van der Waals surface area contributed by atoms with E-state index in [2.05, 4.69) is 57.6 Å². The number of methoxy groups -OCH3 is 2. The van der Waals surface area contributed by atoms with Crippen molar-refractivity contribution < 1.29 is 27.4 Å². The summed E-state index contributed by atoms with van der Waals surface area (Å²) in [4.78, 5) is 2.60. The number of aryl methyl sites for hydroxylation is 1. The van der Waals surface area contributed by atoms with Gasteiger partial charge < -0.3 is 23.8 Å². The summed E-state index contributed by atoms with van der Waals surface area (Å²) >= 11 is 0. The number of H-pyrrole nitrogens is 1. The van der Waals surface area contributed by atoms with E-state index in [1.807, 2.05) is 43.3 Å². The molecule has 6 rings (SSSR count). The van der Waals surface area contributed by atoms with Crippen molar-refractivity contribution in [1.29, 1.82) is 0 Å². The Kier molecular flexibility index (Phi) is 11.9. The molecule has 4 aromatic rings. The van der Waals surface area contributed by atoms with E-state index in [0.29, 0.717) is 38.5 Å². The van der Waals surface area contributed by atoms with E-state index >= 15 is 0 Å². The monoisotopic (exact) mass is 718 g/mol. The van der Waals surface area contributed by atoms with E-state index < -0.39 is 16.1 Å². The SMILES string of the molecule is COCCCN1CCOc2ccc(CO[C@H]3CN(S(=O)(=O)c4ccc(C)cc4)[C@@H](C[C@H](c4nnn[nH]4)C(C)C)C[C@@H]3c3ccc(OC)cc3)cc21. The average Bonchev–Trinajstić information content (AvgIpc) is 3.68. The number of anilines is 1.